The molecular weight excluding hydrogens is 803 g/mol. The van der Waals surface area contributed by atoms with Crippen LogP contribution in [0.4, 0.5) is 17.1 Å². The van der Waals surface area contributed by atoms with E-state index in [-0.39, 0.29) is 0 Å². The Morgan fingerprint density at radius 3 is 1.61 bits per heavy atom. The minimum atomic E-state index is -0.494. The van der Waals surface area contributed by atoms with Crippen LogP contribution in [0.25, 0.3) is 98.8 Å². The van der Waals surface area contributed by atoms with Gasteiger partial charge in [0, 0.05) is 32.9 Å². The molecule has 0 unspecified atom stereocenters. The van der Waals surface area contributed by atoms with E-state index in [4.69, 9.17) is 8.83 Å². The summed E-state index contributed by atoms with van der Waals surface area (Å²) in [4.78, 5) is 2.42. The molecule has 3 nitrogen and oxygen atoms in total. The Labute approximate surface area is 380 Å². The van der Waals surface area contributed by atoms with Crippen LogP contribution in [0.3, 0.4) is 0 Å². The lowest BCUT2D eigenvalue weighted by atomic mass is 9.70. The van der Waals surface area contributed by atoms with Crippen LogP contribution in [-0.2, 0) is 5.41 Å². The van der Waals surface area contributed by atoms with Gasteiger partial charge in [-0.3, -0.25) is 0 Å². The van der Waals surface area contributed by atoms with Crippen LogP contribution in [0.2, 0.25) is 0 Å². The van der Waals surface area contributed by atoms with E-state index in [1.54, 1.807) is 0 Å². The van der Waals surface area contributed by atoms with Gasteiger partial charge in [0.1, 0.15) is 16.7 Å². The van der Waals surface area contributed by atoms with Crippen LogP contribution < -0.4 is 4.90 Å². The molecule has 0 amide bonds. The largest absolute Gasteiger partial charge is 0.456 e. The van der Waals surface area contributed by atoms with E-state index in [2.05, 4.69) is 223 Å². The lowest BCUT2D eigenvalue weighted by Gasteiger charge is -2.32. The number of nitrogens with zero attached hydrogens (tertiary/aromatic N) is 1. The summed E-state index contributed by atoms with van der Waals surface area (Å²) in [6.45, 7) is 0. The molecule has 0 saturated heterocycles. The second-order valence-electron chi connectivity index (χ2n) is 17.9. The van der Waals surface area contributed by atoms with Gasteiger partial charge in [0.05, 0.1) is 11.1 Å². The van der Waals surface area contributed by atoms with Crippen LogP contribution in [0.15, 0.2) is 233 Å². The Kier molecular flexibility index (Phi) is 7.15. The van der Waals surface area contributed by atoms with Crippen molar-refractivity contribution in [2.24, 2.45) is 0 Å². The predicted molar refractivity (Wildman–Crippen MR) is 272 cm³/mol. The smallest absolute Gasteiger partial charge is 0.159 e. The average Bonchev–Trinajstić information content (AvgIpc) is 4.12. The quantitative estimate of drug-likeness (QED) is 0.165. The first-order chi connectivity index (χ1) is 32.7. The molecule has 13 aromatic rings. The van der Waals surface area contributed by atoms with Crippen molar-refractivity contribution in [2.75, 3.05) is 4.90 Å². The Hall–Kier alpha value is -8.66. The summed E-state index contributed by atoms with van der Waals surface area (Å²) in [5.41, 5.74) is 18.5. The van der Waals surface area contributed by atoms with Crippen molar-refractivity contribution in [3.63, 3.8) is 0 Å². The standard InChI is InChI=1S/C63H37NO2/c1-2-17-40(18-3-1)64(41-30-31-48-47-24-10-14-28-54(47)63(55(48)37-41)52-26-12-8-22-45(52)46-23-9-13-27-53(46)63)56-36-39(50-34-38-16-4-5-19-42(38)43-20-6-7-21-44(43)50)35-51-61-59(66-62(51)56)33-32-58-60(61)49-25-11-15-29-57(49)65-58/h1-37H. The van der Waals surface area contributed by atoms with Crippen LogP contribution in [-0.4, -0.2) is 0 Å². The topological polar surface area (TPSA) is 29.5 Å². The first-order valence-electron chi connectivity index (χ1n) is 22.7. The van der Waals surface area contributed by atoms with Gasteiger partial charge in [0.15, 0.2) is 5.58 Å². The molecule has 306 valence electrons. The fourth-order valence-electron chi connectivity index (χ4n) is 12.0. The zero-order valence-electron chi connectivity index (χ0n) is 35.6. The van der Waals surface area contributed by atoms with Gasteiger partial charge in [-0.05, 0) is 138 Å². The Bertz CT molecular complexity index is 4130. The van der Waals surface area contributed by atoms with E-state index in [9.17, 15) is 0 Å². The molecule has 2 aliphatic carbocycles. The van der Waals surface area contributed by atoms with Gasteiger partial charge in [-0.25, -0.2) is 0 Å². The molecule has 0 aliphatic heterocycles. The predicted octanol–water partition coefficient (Wildman–Crippen LogP) is 17.3. The van der Waals surface area contributed by atoms with E-state index in [0.717, 1.165) is 66.5 Å². The first kappa shape index (κ1) is 35.8. The number of anilines is 3. The molecule has 2 aromatic heterocycles. The van der Waals surface area contributed by atoms with Gasteiger partial charge in [-0.15, -0.1) is 0 Å². The molecule has 66 heavy (non-hydrogen) atoms. The molecule has 1 spiro atoms. The summed E-state index contributed by atoms with van der Waals surface area (Å²) >= 11 is 0. The molecule has 0 fully saturated rings. The summed E-state index contributed by atoms with van der Waals surface area (Å²) in [5.74, 6) is 0. The third-order valence-corrected chi connectivity index (χ3v) is 14.6. The Balaban J connectivity index is 1.07. The maximum absolute atomic E-state index is 7.23. The molecule has 0 radical (unpaired) electrons. The first-order valence-corrected chi connectivity index (χ1v) is 22.7. The number of benzene rings is 11. The van der Waals surface area contributed by atoms with Gasteiger partial charge in [-0.1, -0.05) is 164 Å². The van der Waals surface area contributed by atoms with Crippen molar-refractivity contribution < 1.29 is 8.83 Å². The summed E-state index contributed by atoms with van der Waals surface area (Å²) in [5, 5.41) is 9.11. The average molecular weight is 840 g/mol. The summed E-state index contributed by atoms with van der Waals surface area (Å²) in [6, 6.07) is 82.1. The van der Waals surface area contributed by atoms with Gasteiger partial charge in [0.2, 0.25) is 0 Å². The van der Waals surface area contributed by atoms with Crippen LogP contribution in [0.1, 0.15) is 22.3 Å². The van der Waals surface area contributed by atoms with E-state index in [1.807, 2.05) is 6.07 Å². The fraction of sp³-hybridized carbons (Fsp3) is 0.0159. The number of furan rings is 2. The summed E-state index contributed by atoms with van der Waals surface area (Å²) in [7, 11) is 0. The molecule has 0 bridgehead atoms. The van der Waals surface area contributed by atoms with Crippen molar-refractivity contribution in [1.29, 1.82) is 0 Å². The normalized spacial score (nSPS) is 13.3. The maximum atomic E-state index is 7.23. The number of rotatable bonds is 4. The monoisotopic (exact) mass is 839 g/mol. The summed E-state index contributed by atoms with van der Waals surface area (Å²) in [6.07, 6.45) is 0. The molecule has 3 heteroatoms. The van der Waals surface area contributed by atoms with Gasteiger partial charge >= 0.3 is 0 Å². The molecule has 0 N–H and O–H groups in total. The second kappa shape index (κ2) is 13.2. The van der Waals surface area contributed by atoms with Crippen molar-refractivity contribution in [3.8, 4) is 33.4 Å². The van der Waals surface area contributed by atoms with Gasteiger partial charge < -0.3 is 13.7 Å². The van der Waals surface area contributed by atoms with E-state index >= 15 is 0 Å². The third-order valence-electron chi connectivity index (χ3n) is 14.6. The van der Waals surface area contributed by atoms with Crippen molar-refractivity contribution in [2.45, 2.75) is 5.41 Å². The van der Waals surface area contributed by atoms with Crippen molar-refractivity contribution >= 4 is 82.5 Å². The zero-order chi connectivity index (χ0) is 43.1. The van der Waals surface area contributed by atoms with E-state index in [0.29, 0.717) is 0 Å². The Morgan fingerprint density at radius 2 is 0.879 bits per heavy atom. The third kappa shape index (κ3) is 4.66. The fourth-order valence-corrected chi connectivity index (χ4v) is 12.0. The molecule has 0 saturated carbocycles. The highest BCUT2D eigenvalue weighted by atomic mass is 16.3. The molecule has 2 heterocycles. The van der Waals surface area contributed by atoms with E-state index < -0.39 is 5.41 Å². The molecular formula is C63H37NO2. The number of hydrogen-bond donors (Lipinski definition) is 0. The lowest BCUT2D eigenvalue weighted by Crippen LogP contribution is -2.26. The van der Waals surface area contributed by atoms with Crippen LogP contribution >= 0.6 is 0 Å². The molecule has 15 rings (SSSR count). The minimum absolute atomic E-state index is 0.494. The van der Waals surface area contributed by atoms with Gasteiger partial charge in [-0.2, -0.15) is 0 Å². The number of fused-ring (bicyclic) bond motifs is 20. The van der Waals surface area contributed by atoms with Crippen LogP contribution in [0, 0.1) is 0 Å². The van der Waals surface area contributed by atoms with Crippen LogP contribution in [0.5, 0.6) is 0 Å². The SMILES string of the molecule is c1ccc(N(c2ccc3c(c2)C2(c4ccccc4-c4ccccc42)c2ccccc2-3)c2cc(-c3cc4ccccc4c4ccccc34)cc3c2oc2ccc4oc5ccccc5c4c23)cc1. The highest BCUT2D eigenvalue weighted by Gasteiger charge is 2.51. The van der Waals surface area contributed by atoms with Crippen molar-refractivity contribution in [1.82, 2.24) is 0 Å². The maximum Gasteiger partial charge on any atom is 0.159 e. The number of para-hydroxylation sites is 2. The Morgan fingerprint density at radius 1 is 0.318 bits per heavy atom. The summed E-state index contributed by atoms with van der Waals surface area (Å²) < 4.78 is 13.8. The lowest BCUT2D eigenvalue weighted by molar-refractivity contribution is 0.663. The van der Waals surface area contributed by atoms with Gasteiger partial charge in [0.25, 0.3) is 0 Å². The second-order valence-corrected chi connectivity index (χ2v) is 17.9. The highest BCUT2D eigenvalue weighted by Crippen LogP contribution is 2.63. The molecule has 11 aromatic carbocycles. The highest BCUT2D eigenvalue weighted by molar-refractivity contribution is 6.28. The van der Waals surface area contributed by atoms with Crippen molar-refractivity contribution in [3.05, 3.63) is 247 Å². The minimum Gasteiger partial charge on any atom is -0.456 e. The molecule has 2 aliphatic rings. The van der Waals surface area contributed by atoms with E-state index in [1.165, 1.54) is 71.6 Å². The number of hydrogen-bond acceptors (Lipinski definition) is 3. The molecule has 0 atom stereocenters. The zero-order valence-corrected chi connectivity index (χ0v) is 35.6.